The summed E-state index contributed by atoms with van der Waals surface area (Å²) in [7, 11) is 0. The molecule has 3 rings (SSSR count). The lowest BCUT2D eigenvalue weighted by Gasteiger charge is -2.32. The Balaban J connectivity index is 1.53. The van der Waals surface area contributed by atoms with Crippen LogP contribution in [0.4, 0.5) is 5.82 Å². The number of likely N-dealkylation sites (tertiary alicyclic amines) is 1. The quantitative estimate of drug-likeness (QED) is 0.938. The Morgan fingerprint density at radius 3 is 2.68 bits per heavy atom. The summed E-state index contributed by atoms with van der Waals surface area (Å²) in [4.78, 5) is 10.8. The van der Waals surface area contributed by atoms with Gasteiger partial charge in [-0.25, -0.2) is 4.98 Å². The second kappa shape index (κ2) is 7.01. The number of nitrogens with one attached hydrogen (secondary N) is 1. The number of hydrogen-bond donors (Lipinski definition) is 1. The highest BCUT2D eigenvalue weighted by molar-refractivity contribution is 5.51. The van der Waals surface area contributed by atoms with Gasteiger partial charge in [0, 0.05) is 44.3 Å². The monoisotopic (exact) mass is 293 g/mol. The maximum atomic E-state index is 9.11. The molecule has 1 aliphatic rings. The Kier molecular flexibility index (Phi) is 4.62. The molecule has 112 valence electrons. The first-order valence-corrected chi connectivity index (χ1v) is 7.58. The van der Waals surface area contributed by atoms with Crippen LogP contribution >= 0.6 is 0 Å². The first kappa shape index (κ1) is 14.5. The third kappa shape index (κ3) is 3.60. The van der Waals surface area contributed by atoms with E-state index in [4.69, 9.17) is 5.26 Å². The summed E-state index contributed by atoms with van der Waals surface area (Å²) in [5, 5.41) is 12.5. The molecule has 0 radical (unpaired) electrons. The van der Waals surface area contributed by atoms with Gasteiger partial charge in [0.25, 0.3) is 0 Å². The number of aromatic nitrogens is 2. The topological polar surface area (TPSA) is 64.8 Å². The maximum absolute atomic E-state index is 9.11. The molecule has 1 aliphatic heterocycles. The van der Waals surface area contributed by atoms with Crippen molar-refractivity contribution in [3.8, 4) is 6.07 Å². The molecule has 0 aliphatic carbocycles. The number of nitriles is 1. The summed E-state index contributed by atoms with van der Waals surface area (Å²) in [5.74, 6) is 0.706. The van der Waals surface area contributed by atoms with E-state index in [1.165, 1.54) is 5.56 Å². The lowest BCUT2D eigenvalue weighted by molar-refractivity contribution is 0.211. The third-order valence-corrected chi connectivity index (χ3v) is 4.01. The van der Waals surface area contributed by atoms with Gasteiger partial charge in [0.05, 0.1) is 5.56 Å². The molecule has 0 saturated carbocycles. The Bertz CT molecular complexity index is 642. The Morgan fingerprint density at radius 1 is 1.18 bits per heavy atom. The zero-order valence-electron chi connectivity index (χ0n) is 12.4. The van der Waals surface area contributed by atoms with Gasteiger partial charge in [-0.2, -0.15) is 5.26 Å². The van der Waals surface area contributed by atoms with E-state index in [1.54, 1.807) is 18.3 Å². The molecule has 0 atom stereocenters. The minimum absolute atomic E-state index is 0.385. The van der Waals surface area contributed by atoms with Gasteiger partial charge in [-0.15, -0.1) is 0 Å². The molecule has 22 heavy (non-hydrogen) atoms. The van der Waals surface area contributed by atoms with Crippen molar-refractivity contribution in [2.75, 3.05) is 18.4 Å². The molecule has 0 spiro atoms. The maximum Gasteiger partial charge on any atom is 0.144 e. The van der Waals surface area contributed by atoms with Crippen LogP contribution in [0.15, 0.2) is 42.9 Å². The minimum Gasteiger partial charge on any atom is -0.366 e. The van der Waals surface area contributed by atoms with E-state index in [0.29, 0.717) is 17.4 Å². The molecule has 3 heterocycles. The van der Waals surface area contributed by atoms with Crippen molar-refractivity contribution in [2.24, 2.45) is 0 Å². The summed E-state index contributed by atoms with van der Waals surface area (Å²) in [6.45, 7) is 3.08. The molecule has 5 heteroatoms. The number of hydrogen-bond acceptors (Lipinski definition) is 5. The van der Waals surface area contributed by atoms with Crippen LogP contribution in [0.25, 0.3) is 0 Å². The standard InChI is InChI=1S/C17H19N5/c18-12-15-2-1-7-20-17(15)21-16-5-10-22(11-6-16)13-14-3-8-19-9-4-14/h1-4,7-9,16H,5-6,10-11,13H2,(H,20,21). The van der Waals surface area contributed by atoms with Crippen LogP contribution in [-0.2, 0) is 6.54 Å². The number of rotatable bonds is 4. The molecular weight excluding hydrogens is 274 g/mol. The molecule has 5 nitrogen and oxygen atoms in total. The second-order valence-electron chi connectivity index (χ2n) is 5.56. The molecule has 1 N–H and O–H groups in total. The van der Waals surface area contributed by atoms with Crippen LogP contribution < -0.4 is 5.32 Å². The predicted molar refractivity (Wildman–Crippen MR) is 85.1 cm³/mol. The van der Waals surface area contributed by atoms with E-state index in [-0.39, 0.29) is 0 Å². The first-order chi connectivity index (χ1) is 10.8. The van der Waals surface area contributed by atoms with Gasteiger partial charge < -0.3 is 5.32 Å². The SMILES string of the molecule is N#Cc1cccnc1NC1CCN(Cc2ccncc2)CC1. The Morgan fingerprint density at radius 2 is 1.95 bits per heavy atom. The molecule has 0 unspecified atom stereocenters. The van der Waals surface area contributed by atoms with Crippen LogP contribution in [0.5, 0.6) is 0 Å². The van der Waals surface area contributed by atoms with Crippen molar-refractivity contribution >= 4 is 5.82 Å². The fourth-order valence-corrected chi connectivity index (χ4v) is 2.79. The van der Waals surface area contributed by atoms with E-state index in [2.05, 4.69) is 38.4 Å². The third-order valence-electron chi connectivity index (χ3n) is 4.01. The highest BCUT2D eigenvalue weighted by Crippen LogP contribution is 2.18. The smallest absolute Gasteiger partial charge is 0.144 e. The summed E-state index contributed by atoms with van der Waals surface area (Å²) >= 11 is 0. The lowest BCUT2D eigenvalue weighted by atomic mass is 10.0. The van der Waals surface area contributed by atoms with E-state index < -0.39 is 0 Å². The molecular formula is C17H19N5. The number of piperidine rings is 1. The van der Waals surface area contributed by atoms with Crippen LogP contribution in [0.1, 0.15) is 24.0 Å². The van der Waals surface area contributed by atoms with Gasteiger partial charge in [0.1, 0.15) is 11.9 Å². The fourth-order valence-electron chi connectivity index (χ4n) is 2.79. The van der Waals surface area contributed by atoms with Gasteiger partial charge in [0.2, 0.25) is 0 Å². The number of nitrogens with zero attached hydrogens (tertiary/aromatic N) is 4. The average Bonchev–Trinajstić information content (AvgIpc) is 2.58. The van der Waals surface area contributed by atoms with Gasteiger partial charge in [-0.3, -0.25) is 9.88 Å². The Labute approximate surface area is 130 Å². The average molecular weight is 293 g/mol. The van der Waals surface area contributed by atoms with Crippen LogP contribution in [0, 0.1) is 11.3 Å². The normalized spacial score (nSPS) is 16.1. The number of anilines is 1. The molecule has 2 aromatic heterocycles. The van der Waals surface area contributed by atoms with Crippen molar-refractivity contribution in [1.29, 1.82) is 5.26 Å². The largest absolute Gasteiger partial charge is 0.366 e. The van der Waals surface area contributed by atoms with E-state index in [0.717, 1.165) is 32.5 Å². The molecule has 0 bridgehead atoms. The molecule has 1 saturated heterocycles. The molecule has 2 aromatic rings. The van der Waals surface area contributed by atoms with Crippen molar-refractivity contribution < 1.29 is 0 Å². The zero-order chi connectivity index (χ0) is 15.2. The van der Waals surface area contributed by atoms with Gasteiger partial charge in [0.15, 0.2) is 0 Å². The first-order valence-electron chi connectivity index (χ1n) is 7.58. The minimum atomic E-state index is 0.385. The van der Waals surface area contributed by atoms with E-state index in [1.807, 2.05) is 12.4 Å². The number of pyridine rings is 2. The summed E-state index contributed by atoms with van der Waals surface area (Å²) in [5.41, 5.74) is 1.92. The second-order valence-corrected chi connectivity index (χ2v) is 5.56. The summed E-state index contributed by atoms with van der Waals surface area (Å²) < 4.78 is 0. The highest BCUT2D eigenvalue weighted by atomic mass is 15.1. The fraction of sp³-hybridized carbons (Fsp3) is 0.353. The van der Waals surface area contributed by atoms with Crippen LogP contribution in [0.3, 0.4) is 0 Å². The van der Waals surface area contributed by atoms with Crippen LogP contribution in [-0.4, -0.2) is 34.0 Å². The zero-order valence-corrected chi connectivity index (χ0v) is 12.4. The van der Waals surface area contributed by atoms with Crippen molar-refractivity contribution in [3.63, 3.8) is 0 Å². The van der Waals surface area contributed by atoms with Crippen molar-refractivity contribution in [3.05, 3.63) is 54.0 Å². The van der Waals surface area contributed by atoms with E-state index in [9.17, 15) is 0 Å². The van der Waals surface area contributed by atoms with Crippen molar-refractivity contribution in [2.45, 2.75) is 25.4 Å². The Hall–Kier alpha value is -2.45. The molecule has 0 amide bonds. The predicted octanol–water partition coefficient (Wildman–Crippen LogP) is 2.42. The highest BCUT2D eigenvalue weighted by Gasteiger charge is 2.20. The molecule has 0 aromatic carbocycles. The van der Waals surface area contributed by atoms with E-state index >= 15 is 0 Å². The lowest BCUT2D eigenvalue weighted by Crippen LogP contribution is -2.38. The van der Waals surface area contributed by atoms with Crippen LogP contribution in [0.2, 0.25) is 0 Å². The summed E-state index contributed by atoms with van der Waals surface area (Å²) in [6, 6.07) is 10.3. The van der Waals surface area contributed by atoms with Crippen molar-refractivity contribution in [1.82, 2.24) is 14.9 Å². The van der Waals surface area contributed by atoms with Gasteiger partial charge in [-0.1, -0.05) is 0 Å². The van der Waals surface area contributed by atoms with Gasteiger partial charge in [-0.05, 0) is 42.7 Å². The summed E-state index contributed by atoms with van der Waals surface area (Å²) in [6.07, 6.45) is 7.53. The van der Waals surface area contributed by atoms with Gasteiger partial charge >= 0.3 is 0 Å². The molecule has 1 fully saturated rings.